The number of nitrogens with zero attached hydrogens (tertiary/aromatic N) is 2. The van der Waals surface area contributed by atoms with E-state index < -0.39 is 0 Å². The summed E-state index contributed by atoms with van der Waals surface area (Å²) in [6, 6.07) is 1.80. The van der Waals surface area contributed by atoms with Gasteiger partial charge in [-0.2, -0.15) is 0 Å². The van der Waals surface area contributed by atoms with Gasteiger partial charge in [-0.05, 0) is 50.8 Å². The zero-order chi connectivity index (χ0) is 10.8. The summed E-state index contributed by atoms with van der Waals surface area (Å²) in [4.78, 5) is 18.0. The molecule has 80 valence electrons. The van der Waals surface area contributed by atoms with Crippen molar-refractivity contribution in [2.24, 2.45) is 0 Å². The number of pyridine rings is 1. The Kier molecular flexibility index (Phi) is 3.41. The van der Waals surface area contributed by atoms with Crippen LogP contribution >= 0.6 is 31.9 Å². The number of hydrogen-bond donors (Lipinski definition) is 0. The lowest BCUT2D eigenvalue weighted by atomic mass is 10.2. The molecule has 5 heteroatoms. The molecule has 1 amide bonds. The molecular formula is C10H10Br2N2O. The van der Waals surface area contributed by atoms with E-state index in [4.69, 9.17) is 0 Å². The van der Waals surface area contributed by atoms with Crippen LogP contribution in [0.4, 0.5) is 0 Å². The molecule has 2 heterocycles. The quantitative estimate of drug-likeness (QED) is 0.740. The molecule has 0 atom stereocenters. The fourth-order valence-electron chi connectivity index (χ4n) is 1.66. The van der Waals surface area contributed by atoms with Gasteiger partial charge in [0.1, 0.15) is 4.60 Å². The molecule has 0 unspecified atom stereocenters. The van der Waals surface area contributed by atoms with Crippen LogP contribution in [-0.4, -0.2) is 28.9 Å². The molecule has 0 aromatic carbocycles. The molecule has 1 aliphatic rings. The molecule has 0 spiro atoms. The molecule has 0 aliphatic carbocycles. The fraction of sp³-hybridized carbons (Fsp3) is 0.400. The third-order valence-electron chi connectivity index (χ3n) is 2.43. The van der Waals surface area contributed by atoms with E-state index in [2.05, 4.69) is 36.8 Å². The standard InChI is InChI=1S/C10H10Br2N2O/c11-7-5-8(9(12)13-6-7)10(15)14-3-1-2-4-14/h5-6H,1-4H2. The average molecular weight is 334 g/mol. The lowest BCUT2D eigenvalue weighted by Crippen LogP contribution is -2.28. The maximum atomic E-state index is 12.1. The molecule has 1 aromatic heterocycles. The zero-order valence-corrected chi connectivity index (χ0v) is 11.2. The van der Waals surface area contributed by atoms with Crippen LogP contribution in [0, 0.1) is 0 Å². The van der Waals surface area contributed by atoms with Gasteiger partial charge in [0, 0.05) is 23.8 Å². The second-order valence-electron chi connectivity index (χ2n) is 3.49. The molecule has 0 saturated carbocycles. The smallest absolute Gasteiger partial charge is 0.256 e. The minimum Gasteiger partial charge on any atom is -0.339 e. The molecule has 2 rings (SSSR count). The third-order valence-corrected chi connectivity index (χ3v) is 3.49. The number of halogens is 2. The van der Waals surface area contributed by atoms with Crippen molar-refractivity contribution in [1.82, 2.24) is 9.88 Å². The largest absolute Gasteiger partial charge is 0.339 e. The van der Waals surface area contributed by atoms with E-state index in [1.807, 2.05) is 4.90 Å². The first-order valence-corrected chi connectivity index (χ1v) is 6.37. The van der Waals surface area contributed by atoms with Gasteiger partial charge < -0.3 is 4.90 Å². The number of amides is 1. The van der Waals surface area contributed by atoms with Crippen molar-refractivity contribution in [2.75, 3.05) is 13.1 Å². The predicted molar refractivity (Wildman–Crippen MR) is 64.8 cm³/mol. The first kappa shape index (κ1) is 11.1. The third kappa shape index (κ3) is 2.39. The minimum atomic E-state index is 0.0631. The molecule has 1 aliphatic heterocycles. The zero-order valence-electron chi connectivity index (χ0n) is 8.04. The normalized spacial score (nSPS) is 15.7. The highest BCUT2D eigenvalue weighted by Crippen LogP contribution is 2.21. The highest BCUT2D eigenvalue weighted by atomic mass is 79.9. The summed E-state index contributed by atoms with van der Waals surface area (Å²) in [5.74, 6) is 0.0631. The van der Waals surface area contributed by atoms with Crippen LogP contribution in [0.5, 0.6) is 0 Å². The summed E-state index contributed by atoms with van der Waals surface area (Å²) in [6.07, 6.45) is 3.88. The van der Waals surface area contributed by atoms with Gasteiger partial charge in [0.05, 0.1) is 5.56 Å². The van der Waals surface area contributed by atoms with Crippen LogP contribution in [-0.2, 0) is 0 Å². The maximum Gasteiger partial charge on any atom is 0.256 e. The van der Waals surface area contributed by atoms with Crippen LogP contribution in [0.3, 0.4) is 0 Å². The van der Waals surface area contributed by atoms with E-state index in [1.165, 1.54) is 0 Å². The van der Waals surface area contributed by atoms with Crippen LogP contribution in [0.25, 0.3) is 0 Å². The van der Waals surface area contributed by atoms with Crippen molar-refractivity contribution in [3.63, 3.8) is 0 Å². The van der Waals surface area contributed by atoms with Crippen LogP contribution < -0.4 is 0 Å². The predicted octanol–water partition coefficient (Wildman–Crippen LogP) is 2.84. The lowest BCUT2D eigenvalue weighted by molar-refractivity contribution is 0.0791. The topological polar surface area (TPSA) is 33.2 Å². The summed E-state index contributed by atoms with van der Waals surface area (Å²) < 4.78 is 1.44. The monoisotopic (exact) mass is 332 g/mol. The second kappa shape index (κ2) is 4.61. The van der Waals surface area contributed by atoms with Crippen LogP contribution in [0.15, 0.2) is 21.3 Å². The Hall–Kier alpha value is -0.420. The fourth-order valence-corrected chi connectivity index (χ4v) is 2.38. The van der Waals surface area contributed by atoms with Crippen LogP contribution in [0.1, 0.15) is 23.2 Å². The number of carbonyl (C=O) groups is 1. The molecule has 0 radical (unpaired) electrons. The van der Waals surface area contributed by atoms with Gasteiger partial charge in [-0.3, -0.25) is 4.79 Å². The van der Waals surface area contributed by atoms with Gasteiger partial charge in [-0.1, -0.05) is 0 Å². The Bertz CT molecular complexity index is 389. The number of aromatic nitrogens is 1. The van der Waals surface area contributed by atoms with E-state index >= 15 is 0 Å². The van der Waals surface area contributed by atoms with Crippen molar-refractivity contribution in [2.45, 2.75) is 12.8 Å². The molecule has 15 heavy (non-hydrogen) atoms. The van der Waals surface area contributed by atoms with Crippen molar-refractivity contribution in [3.8, 4) is 0 Å². The van der Waals surface area contributed by atoms with Gasteiger partial charge in [0.25, 0.3) is 5.91 Å². The Morgan fingerprint density at radius 2 is 2.00 bits per heavy atom. The van der Waals surface area contributed by atoms with Gasteiger partial charge in [0.15, 0.2) is 0 Å². The number of hydrogen-bond acceptors (Lipinski definition) is 2. The van der Waals surface area contributed by atoms with E-state index in [0.29, 0.717) is 10.2 Å². The SMILES string of the molecule is O=C(c1cc(Br)cnc1Br)N1CCCC1. The molecule has 3 nitrogen and oxygen atoms in total. The van der Waals surface area contributed by atoms with Gasteiger partial charge >= 0.3 is 0 Å². The number of rotatable bonds is 1. The summed E-state index contributed by atoms with van der Waals surface area (Å²) >= 11 is 6.62. The first-order valence-electron chi connectivity index (χ1n) is 4.79. The maximum absolute atomic E-state index is 12.1. The van der Waals surface area contributed by atoms with Crippen molar-refractivity contribution < 1.29 is 4.79 Å². The molecule has 1 saturated heterocycles. The Morgan fingerprint density at radius 1 is 1.33 bits per heavy atom. The summed E-state index contributed by atoms with van der Waals surface area (Å²) in [7, 11) is 0. The van der Waals surface area contributed by atoms with E-state index in [9.17, 15) is 4.79 Å². The minimum absolute atomic E-state index is 0.0631. The highest BCUT2D eigenvalue weighted by Gasteiger charge is 2.21. The number of likely N-dealkylation sites (tertiary alicyclic amines) is 1. The molecule has 1 fully saturated rings. The Labute approximate surface area is 105 Å². The van der Waals surface area contributed by atoms with E-state index in [0.717, 1.165) is 30.4 Å². The second-order valence-corrected chi connectivity index (χ2v) is 5.16. The highest BCUT2D eigenvalue weighted by molar-refractivity contribution is 9.11. The lowest BCUT2D eigenvalue weighted by Gasteiger charge is -2.15. The summed E-state index contributed by atoms with van der Waals surface area (Å²) in [5, 5.41) is 0. The molecule has 0 bridgehead atoms. The van der Waals surface area contributed by atoms with Crippen molar-refractivity contribution >= 4 is 37.8 Å². The van der Waals surface area contributed by atoms with Gasteiger partial charge in [-0.15, -0.1) is 0 Å². The molecule has 0 N–H and O–H groups in total. The average Bonchev–Trinajstić information content (AvgIpc) is 2.74. The Balaban J connectivity index is 2.27. The molecular weight excluding hydrogens is 324 g/mol. The first-order chi connectivity index (χ1) is 7.18. The van der Waals surface area contributed by atoms with Crippen molar-refractivity contribution in [3.05, 3.63) is 26.9 Å². The van der Waals surface area contributed by atoms with Gasteiger partial charge in [-0.25, -0.2) is 4.98 Å². The molecule has 1 aromatic rings. The Morgan fingerprint density at radius 3 is 2.67 bits per heavy atom. The van der Waals surface area contributed by atoms with Crippen LogP contribution in [0.2, 0.25) is 0 Å². The van der Waals surface area contributed by atoms with Crippen molar-refractivity contribution in [1.29, 1.82) is 0 Å². The van der Waals surface area contributed by atoms with Gasteiger partial charge in [0.2, 0.25) is 0 Å². The summed E-state index contributed by atoms with van der Waals surface area (Å²) in [6.45, 7) is 1.72. The summed E-state index contributed by atoms with van der Waals surface area (Å²) in [5.41, 5.74) is 0.631. The van der Waals surface area contributed by atoms with E-state index in [-0.39, 0.29) is 5.91 Å². The van der Waals surface area contributed by atoms with E-state index in [1.54, 1.807) is 12.3 Å². The number of carbonyl (C=O) groups excluding carboxylic acids is 1.